The molecule has 1 aromatic heterocycles. The van der Waals surface area contributed by atoms with E-state index >= 15 is 0 Å². The number of para-hydroxylation sites is 1. The maximum Gasteiger partial charge on any atom is 0.335 e. The lowest BCUT2D eigenvalue weighted by Gasteiger charge is -2.32. The van der Waals surface area contributed by atoms with E-state index in [1.165, 1.54) is 5.56 Å². The molecular formula is C32H35N3O6. The van der Waals surface area contributed by atoms with Crippen molar-refractivity contribution in [3.63, 3.8) is 0 Å². The van der Waals surface area contributed by atoms with Crippen LogP contribution in [0.25, 0.3) is 11.0 Å². The SMILES string of the molecule is COCCn1c(CN2CCC(c3cccc4c3OC(C)(c3cccc(OC)c3)O4)CC2)nc2ccc(C(=O)O)cc21. The molecule has 3 heterocycles. The van der Waals surface area contributed by atoms with Gasteiger partial charge in [-0.1, -0.05) is 24.3 Å². The molecule has 6 rings (SSSR count). The largest absolute Gasteiger partial charge is 0.497 e. The Hall–Kier alpha value is -4.08. The first-order valence-corrected chi connectivity index (χ1v) is 14.0. The van der Waals surface area contributed by atoms with Crippen LogP contribution in [0.1, 0.15) is 53.0 Å². The third kappa shape index (κ3) is 5.23. The first-order chi connectivity index (χ1) is 19.9. The number of carboxylic acid groups (broad SMARTS) is 1. The second kappa shape index (κ2) is 11.1. The highest BCUT2D eigenvalue weighted by molar-refractivity contribution is 5.92. The Balaban J connectivity index is 1.17. The van der Waals surface area contributed by atoms with Gasteiger partial charge in [0.25, 0.3) is 5.79 Å². The number of methoxy groups -OCH3 is 2. The number of carboxylic acids is 1. The summed E-state index contributed by atoms with van der Waals surface area (Å²) in [5.41, 5.74) is 3.96. The third-order valence-electron chi connectivity index (χ3n) is 8.19. The van der Waals surface area contributed by atoms with Crippen molar-refractivity contribution in [3.05, 3.63) is 83.2 Å². The minimum atomic E-state index is -0.944. The highest BCUT2D eigenvalue weighted by atomic mass is 16.7. The Labute approximate surface area is 239 Å². The molecule has 0 saturated carbocycles. The zero-order valence-electron chi connectivity index (χ0n) is 23.6. The molecule has 1 saturated heterocycles. The van der Waals surface area contributed by atoms with Crippen LogP contribution in [0.15, 0.2) is 60.7 Å². The van der Waals surface area contributed by atoms with Crippen LogP contribution in [0.3, 0.4) is 0 Å². The van der Waals surface area contributed by atoms with Crippen LogP contribution in [0.2, 0.25) is 0 Å². The number of rotatable bonds is 9. The fraction of sp³-hybridized carbons (Fsp3) is 0.375. The van der Waals surface area contributed by atoms with E-state index in [0.717, 1.165) is 65.6 Å². The third-order valence-corrected chi connectivity index (χ3v) is 8.19. The minimum Gasteiger partial charge on any atom is -0.497 e. The molecule has 2 aliphatic heterocycles. The van der Waals surface area contributed by atoms with Gasteiger partial charge in [0.1, 0.15) is 11.6 Å². The van der Waals surface area contributed by atoms with Crippen molar-refractivity contribution in [2.24, 2.45) is 0 Å². The Morgan fingerprint density at radius 2 is 1.88 bits per heavy atom. The lowest BCUT2D eigenvalue weighted by Crippen LogP contribution is -2.34. The fourth-order valence-corrected chi connectivity index (χ4v) is 5.95. The molecule has 9 heteroatoms. The van der Waals surface area contributed by atoms with Crippen LogP contribution in [0.5, 0.6) is 17.2 Å². The van der Waals surface area contributed by atoms with E-state index in [4.69, 9.17) is 23.9 Å². The molecule has 41 heavy (non-hydrogen) atoms. The number of nitrogens with zero attached hydrogens (tertiary/aromatic N) is 3. The standard InChI is InChI=1S/C32H35N3O6/c1-32(23-6-4-7-24(19-23)39-3)40-28-9-5-8-25(30(28)41-32)21-12-14-34(15-13-21)20-29-33-26-11-10-22(31(36)37)18-27(26)35(29)16-17-38-2/h4-11,18-19,21H,12-17,20H2,1-3H3,(H,36,37). The molecule has 0 radical (unpaired) electrons. The quantitative estimate of drug-likeness (QED) is 0.292. The number of carbonyl (C=O) groups is 1. The predicted octanol–water partition coefficient (Wildman–Crippen LogP) is 5.41. The predicted molar refractivity (Wildman–Crippen MR) is 154 cm³/mol. The Bertz CT molecular complexity index is 1580. The molecule has 0 bridgehead atoms. The van der Waals surface area contributed by atoms with E-state index in [2.05, 4.69) is 15.5 Å². The summed E-state index contributed by atoms with van der Waals surface area (Å²) < 4.78 is 25.7. The lowest BCUT2D eigenvalue weighted by atomic mass is 9.88. The normalized spacial score (nSPS) is 19.1. The van der Waals surface area contributed by atoms with Crippen LogP contribution < -0.4 is 14.2 Å². The number of likely N-dealkylation sites (tertiary alicyclic amines) is 1. The smallest absolute Gasteiger partial charge is 0.335 e. The molecule has 4 aromatic rings. The number of aromatic nitrogens is 2. The zero-order valence-corrected chi connectivity index (χ0v) is 23.6. The molecule has 2 aliphatic rings. The Morgan fingerprint density at radius 1 is 1.07 bits per heavy atom. The van der Waals surface area contributed by atoms with Crippen LogP contribution >= 0.6 is 0 Å². The number of fused-ring (bicyclic) bond motifs is 2. The van der Waals surface area contributed by atoms with Crippen LogP contribution in [-0.2, 0) is 23.6 Å². The van der Waals surface area contributed by atoms with Crippen molar-refractivity contribution in [2.75, 3.05) is 33.9 Å². The van der Waals surface area contributed by atoms with Gasteiger partial charge in [-0.15, -0.1) is 0 Å². The monoisotopic (exact) mass is 557 g/mol. The lowest BCUT2D eigenvalue weighted by molar-refractivity contribution is -0.0686. The van der Waals surface area contributed by atoms with E-state index in [1.807, 2.05) is 43.3 Å². The number of piperidine rings is 1. The molecular weight excluding hydrogens is 522 g/mol. The summed E-state index contributed by atoms with van der Waals surface area (Å²) in [6.07, 6.45) is 1.97. The van der Waals surface area contributed by atoms with Crippen molar-refractivity contribution in [1.82, 2.24) is 14.5 Å². The molecule has 0 aliphatic carbocycles. The van der Waals surface area contributed by atoms with Gasteiger partial charge >= 0.3 is 5.97 Å². The Morgan fingerprint density at radius 3 is 2.63 bits per heavy atom. The maximum atomic E-state index is 11.6. The van der Waals surface area contributed by atoms with Gasteiger partial charge in [-0.05, 0) is 68.2 Å². The van der Waals surface area contributed by atoms with Crippen molar-refractivity contribution in [3.8, 4) is 17.2 Å². The van der Waals surface area contributed by atoms with Crippen LogP contribution in [-0.4, -0.2) is 59.4 Å². The number of hydrogen-bond acceptors (Lipinski definition) is 7. The highest BCUT2D eigenvalue weighted by Gasteiger charge is 2.41. The Kier molecular flexibility index (Phi) is 7.32. The average Bonchev–Trinajstić information content (AvgIpc) is 3.53. The fourth-order valence-electron chi connectivity index (χ4n) is 5.95. The molecule has 0 spiro atoms. The summed E-state index contributed by atoms with van der Waals surface area (Å²) in [5.74, 6) is 1.76. The summed E-state index contributed by atoms with van der Waals surface area (Å²) in [4.78, 5) is 18.8. The van der Waals surface area contributed by atoms with Gasteiger partial charge < -0.3 is 28.6 Å². The number of imidazole rings is 1. The average molecular weight is 558 g/mol. The number of ether oxygens (including phenoxy) is 4. The summed E-state index contributed by atoms with van der Waals surface area (Å²) >= 11 is 0. The summed E-state index contributed by atoms with van der Waals surface area (Å²) in [5, 5.41) is 9.48. The molecule has 1 N–H and O–H groups in total. The topological polar surface area (TPSA) is 95.3 Å². The van der Waals surface area contributed by atoms with Gasteiger partial charge in [0.2, 0.25) is 0 Å². The molecule has 3 aromatic carbocycles. The van der Waals surface area contributed by atoms with Gasteiger partial charge in [-0.2, -0.15) is 0 Å². The van der Waals surface area contributed by atoms with E-state index in [0.29, 0.717) is 25.6 Å². The van der Waals surface area contributed by atoms with Gasteiger partial charge in [0, 0.05) is 31.7 Å². The van der Waals surface area contributed by atoms with Crippen molar-refractivity contribution < 1.29 is 28.8 Å². The van der Waals surface area contributed by atoms with Crippen LogP contribution in [0, 0.1) is 0 Å². The number of hydrogen-bond donors (Lipinski definition) is 1. The van der Waals surface area contributed by atoms with Gasteiger partial charge in [0.05, 0.1) is 36.9 Å². The van der Waals surface area contributed by atoms with Crippen molar-refractivity contribution >= 4 is 17.0 Å². The van der Waals surface area contributed by atoms with Gasteiger partial charge in [-0.25, -0.2) is 9.78 Å². The first kappa shape index (κ1) is 27.1. The highest BCUT2D eigenvalue weighted by Crippen LogP contribution is 2.49. The van der Waals surface area contributed by atoms with E-state index < -0.39 is 11.8 Å². The summed E-state index contributed by atoms with van der Waals surface area (Å²) in [6, 6.07) is 19.1. The van der Waals surface area contributed by atoms with Gasteiger partial charge in [0.15, 0.2) is 11.5 Å². The molecule has 0 amide bonds. The molecule has 214 valence electrons. The molecule has 1 unspecified atom stereocenters. The summed E-state index contributed by atoms with van der Waals surface area (Å²) in [6.45, 7) is 5.60. The molecule has 1 atom stereocenters. The van der Waals surface area contributed by atoms with Gasteiger partial charge in [-0.3, -0.25) is 4.90 Å². The summed E-state index contributed by atoms with van der Waals surface area (Å²) in [7, 11) is 3.32. The molecule has 9 nitrogen and oxygen atoms in total. The number of aromatic carboxylic acids is 1. The second-order valence-corrected chi connectivity index (χ2v) is 10.8. The molecule has 1 fully saturated rings. The first-order valence-electron chi connectivity index (χ1n) is 14.0. The van der Waals surface area contributed by atoms with E-state index in [1.54, 1.807) is 32.4 Å². The van der Waals surface area contributed by atoms with Crippen molar-refractivity contribution in [1.29, 1.82) is 0 Å². The zero-order chi connectivity index (χ0) is 28.6. The van der Waals surface area contributed by atoms with E-state index in [-0.39, 0.29) is 5.56 Å². The van der Waals surface area contributed by atoms with E-state index in [9.17, 15) is 9.90 Å². The minimum absolute atomic E-state index is 0.257. The maximum absolute atomic E-state index is 11.6. The van der Waals surface area contributed by atoms with Crippen LogP contribution in [0.4, 0.5) is 0 Å². The number of benzene rings is 3. The second-order valence-electron chi connectivity index (χ2n) is 10.8. The van der Waals surface area contributed by atoms with Crippen molar-refractivity contribution in [2.45, 2.75) is 44.6 Å².